The van der Waals surface area contributed by atoms with E-state index in [9.17, 15) is 9.59 Å². The van der Waals surface area contributed by atoms with Crippen LogP contribution >= 0.6 is 0 Å². The van der Waals surface area contributed by atoms with Gasteiger partial charge in [0.25, 0.3) is 5.91 Å². The van der Waals surface area contributed by atoms with Crippen LogP contribution in [0.3, 0.4) is 0 Å². The van der Waals surface area contributed by atoms with Gasteiger partial charge in [-0.1, -0.05) is 0 Å². The Labute approximate surface area is 158 Å². The minimum Gasteiger partial charge on any atom is -0.383 e. The van der Waals surface area contributed by atoms with Crippen molar-refractivity contribution < 1.29 is 14.3 Å². The third-order valence-corrected chi connectivity index (χ3v) is 5.56. The van der Waals surface area contributed by atoms with Crippen molar-refractivity contribution in [2.24, 2.45) is 5.92 Å². The van der Waals surface area contributed by atoms with Gasteiger partial charge in [-0.25, -0.2) is 9.50 Å². The molecule has 144 valence electrons. The quantitative estimate of drug-likeness (QED) is 0.803. The molecule has 0 N–H and O–H groups in total. The molecule has 0 spiro atoms. The summed E-state index contributed by atoms with van der Waals surface area (Å²) in [6, 6.07) is 3.70. The Bertz CT molecular complexity index is 893. The summed E-state index contributed by atoms with van der Waals surface area (Å²) in [7, 11) is 1.64. The fourth-order valence-electron chi connectivity index (χ4n) is 4.20. The second-order valence-electron chi connectivity index (χ2n) is 7.50. The molecule has 0 aromatic carbocycles. The summed E-state index contributed by atoms with van der Waals surface area (Å²) >= 11 is 0. The number of nitrogens with zero attached hydrogens (tertiary/aromatic N) is 5. The predicted molar refractivity (Wildman–Crippen MR) is 98.5 cm³/mol. The minimum absolute atomic E-state index is 0.0531. The Morgan fingerprint density at radius 1 is 1.26 bits per heavy atom. The van der Waals surface area contributed by atoms with Crippen LogP contribution in [0.15, 0.2) is 12.1 Å². The average molecular weight is 371 g/mol. The second-order valence-corrected chi connectivity index (χ2v) is 7.50. The fourth-order valence-corrected chi connectivity index (χ4v) is 4.20. The highest BCUT2D eigenvalue weighted by Gasteiger charge is 2.42. The number of aryl methyl sites for hydroxylation is 2. The number of fused-ring (bicyclic) bond motifs is 5. The molecule has 5 heterocycles. The Hall–Kier alpha value is -2.48. The molecular weight excluding hydrogens is 346 g/mol. The smallest absolute Gasteiger partial charge is 0.272 e. The van der Waals surface area contributed by atoms with Crippen molar-refractivity contribution in [1.82, 2.24) is 24.4 Å². The average Bonchev–Trinajstić information content (AvgIpc) is 2.83. The molecule has 2 aromatic heterocycles. The zero-order valence-electron chi connectivity index (χ0n) is 16.0. The van der Waals surface area contributed by atoms with Gasteiger partial charge in [0.05, 0.1) is 18.2 Å². The summed E-state index contributed by atoms with van der Waals surface area (Å²) in [5.74, 6) is -0.103. The number of piperidine rings is 1. The van der Waals surface area contributed by atoms with E-state index in [4.69, 9.17) is 4.74 Å². The van der Waals surface area contributed by atoms with E-state index < -0.39 is 0 Å². The van der Waals surface area contributed by atoms with E-state index in [1.54, 1.807) is 22.6 Å². The molecule has 3 aliphatic heterocycles. The van der Waals surface area contributed by atoms with Crippen LogP contribution in [0.1, 0.15) is 34.7 Å². The van der Waals surface area contributed by atoms with Crippen LogP contribution in [-0.4, -0.2) is 75.6 Å². The van der Waals surface area contributed by atoms with Crippen LogP contribution in [0, 0.1) is 19.8 Å². The van der Waals surface area contributed by atoms with Gasteiger partial charge >= 0.3 is 0 Å². The van der Waals surface area contributed by atoms with Crippen molar-refractivity contribution in [3.8, 4) is 0 Å². The monoisotopic (exact) mass is 371 g/mol. The Morgan fingerprint density at radius 3 is 2.85 bits per heavy atom. The van der Waals surface area contributed by atoms with Gasteiger partial charge in [0.15, 0.2) is 5.65 Å². The van der Waals surface area contributed by atoms with Gasteiger partial charge in [0.1, 0.15) is 5.69 Å². The van der Waals surface area contributed by atoms with E-state index in [1.807, 2.05) is 24.8 Å². The molecule has 0 unspecified atom stereocenters. The number of rotatable bonds is 4. The minimum atomic E-state index is -0.133. The first-order chi connectivity index (χ1) is 13.0. The topological polar surface area (TPSA) is 80.0 Å². The number of methoxy groups -OCH3 is 1. The van der Waals surface area contributed by atoms with Crippen LogP contribution in [0.2, 0.25) is 0 Å². The molecule has 3 saturated heterocycles. The normalized spacial score (nSPS) is 22.6. The van der Waals surface area contributed by atoms with E-state index in [1.165, 1.54) is 0 Å². The molecule has 27 heavy (non-hydrogen) atoms. The van der Waals surface area contributed by atoms with Gasteiger partial charge in [-0.05, 0) is 32.8 Å². The first kappa shape index (κ1) is 17.9. The van der Waals surface area contributed by atoms with Crippen LogP contribution in [0.25, 0.3) is 5.65 Å². The Morgan fingerprint density at radius 2 is 2.07 bits per heavy atom. The van der Waals surface area contributed by atoms with E-state index in [0.29, 0.717) is 37.6 Å². The van der Waals surface area contributed by atoms with E-state index >= 15 is 0 Å². The molecule has 8 heteroatoms. The predicted octanol–water partition coefficient (Wildman–Crippen LogP) is 1.06. The molecule has 0 aliphatic carbocycles. The summed E-state index contributed by atoms with van der Waals surface area (Å²) in [4.78, 5) is 34.1. The molecule has 5 rings (SSSR count). The standard InChI is InChI=1S/C19H25N5O3/c1-12-8-17-20-16(9-13(2)24(17)21-12)19(26)22-10-14-4-5-15(11-22)23(18(14)25)6-7-27-3/h8-9,14-15H,4-7,10-11H2,1-3H3/t14-,15+/m1/s1. The molecule has 2 bridgehead atoms. The van der Waals surface area contributed by atoms with Crippen LogP contribution in [0.4, 0.5) is 0 Å². The van der Waals surface area contributed by atoms with Crippen molar-refractivity contribution in [2.45, 2.75) is 32.7 Å². The van der Waals surface area contributed by atoms with Crippen molar-refractivity contribution in [3.05, 3.63) is 29.2 Å². The maximum absolute atomic E-state index is 13.2. The third-order valence-electron chi connectivity index (χ3n) is 5.56. The lowest BCUT2D eigenvalue weighted by Gasteiger charge is -2.35. The molecule has 0 saturated carbocycles. The van der Waals surface area contributed by atoms with Crippen LogP contribution < -0.4 is 0 Å². The Kier molecular flexibility index (Phi) is 4.59. The van der Waals surface area contributed by atoms with E-state index in [-0.39, 0.29) is 23.8 Å². The SMILES string of the molecule is COCCN1C(=O)[C@@H]2CC[C@H]1CN(C(=O)c1cc(C)n3nc(C)cc3n1)C2. The zero-order valence-corrected chi connectivity index (χ0v) is 16.0. The molecule has 8 nitrogen and oxygen atoms in total. The lowest BCUT2D eigenvalue weighted by atomic mass is 9.94. The molecule has 2 atom stereocenters. The van der Waals surface area contributed by atoms with Crippen LogP contribution in [0.5, 0.6) is 0 Å². The fraction of sp³-hybridized carbons (Fsp3) is 0.579. The summed E-state index contributed by atoms with van der Waals surface area (Å²) in [5.41, 5.74) is 2.82. The highest BCUT2D eigenvalue weighted by molar-refractivity contribution is 5.94. The number of aromatic nitrogens is 3. The first-order valence-electron chi connectivity index (χ1n) is 9.40. The van der Waals surface area contributed by atoms with Crippen molar-refractivity contribution in [3.63, 3.8) is 0 Å². The molecule has 3 fully saturated rings. The number of carbonyl (C=O) groups excluding carboxylic acids is 2. The third kappa shape index (κ3) is 3.18. The lowest BCUT2D eigenvalue weighted by molar-refractivity contribution is -0.140. The number of amides is 2. The molecule has 0 radical (unpaired) electrons. The van der Waals surface area contributed by atoms with Gasteiger partial charge in [-0.15, -0.1) is 0 Å². The number of hydrogen-bond acceptors (Lipinski definition) is 5. The van der Waals surface area contributed by atoms with Crippen molar-refractivity contribution in [2.75, 3.05) is 33.4 Å². The van der Waals surface area contributed by atoms with Crippen molar-refractivity contribution in [1.29, 1.82) is 0 Å². The summed E-state index contributed by atoms with van der Waals surface area (Å²) in [5, 5.41) is 4.39. The van der Waals surface area contributed by atoms with Crippen LogP contribution in [-0.2, 0) is 9.53 Å². The van der Waals surface area contributed by atoms with Crippen molar-refractivity contribution >= 4 is 17.5 Å². The van der Waals surface area contributed by atoms with Gasteiger partial charge in [0, 0.05) is 44.5 Å². The lowest BCUT2D eigenvalue weighted by Crippen LogP contribution is -2.49. The highest BCUT2D eigenvalue weighted by Crippen LogP contribution is 2.29. The number of hydrogen-bond donors (Lipinski definition) is 0. The molecule has 2 amide bonds. The van der Waals surface area contributed by atoms with E-state index in [0.717, 1.165) is 24.2 Å². The maximum Gasteiger partial charge on any atom is 0.272 e. The van der Waals surface area contributed by atoms with Gasteiger partial charge in [0.2, 0.25) is 5.91 Å². The highest BCUT2D eigenvalue weighted by atomic mass is 16.5. The number of ether oxygens (including phenoxy) is 1. The molecule has 3 aliphatic rings. The summed E-state index contributed by atoms with van der Waals surface area (Å²) in [6.07, 6.45) is 1.77. The Balaban J connectivity index is 1.60. The maximum atomic E-state index is 13.2. The number of carbonyl (C=O) groups is 2. The first-order valence-corrected chi connectivity index (χ1v) is 9.40. The van der Waals surface area contributed by atoms with Gasteiger partial charge < -0.3 is 14.5 Å². The zero-order chi connectivity index (χ0) is 19.1. The summed E-state index contributed by atoms with van der Waals surface area (Å²) < 4.78 is 6.89. The summed E-state index contributed by atoms with van der Waals surface area (Å²) in [6.45, 7) is 5.93. The second kappa shape index (κ2) is 6.92. The van der Waals surface area contributed by atoms with Gasteiger partial charge in [-0.2, -0.15) is 5.10 Å². The largest absolute Gasteiger partial charge is 0.383 e. The molecule has 2 aromatic rings. The van der Waals surface area contributed by atoms with Gasteiger partial charge in [-0.3, -0.25) is 9.59 Å². The van der Waals surface area contributed by atoms with E-state index in [2.05, 4.69) is 10.1 Å². The molecular formula is C19H25N5O3.